The first kappa shape index (κ1) is 26.1. The number of hydrogen-bond acceptors (Lipinski definition) is 5. The summed E-state index contributed by atoms with van der Waals surface area (Å²) in [4.78, 5) is 11.6. The predicted octanol–water partition coefficient (Wildman–Crippen LogP) is 4.98. The second kappa shape index (κ2) is 17.2. The van der Waals surface area contributed by atoms with E-state index in [4.69, 9.17) is 20.1 Å². The van der Waals surface area contributed by atoms with Crippen LogP contribution in [0.25, 0.3) is 0 Å². The molecule has 0 heterocycles. The molecule has 0 aromatic rings. The Kier molecular flexibility index (Phi) is 16.6. The van der Waals surface area contributed by atoms with E-state index in [0.717, 1.165) is 19.3 Å². The van der Waals surface area contributed by atoms with Crippen LogP contribution in [0.5, 0.6) is 0 Å². The molecule has 0 saturated heterocycles. The van der Waals surface area contributed by atoms with Crippen LogP contribution in [0.1, 0.15) is 110 Å². The van der Waals surface area contributed by atoms with E-state index >= 15 is 0 Å². The van der Waals surface area contributed by atoms with Crippen LogP contribution in [-0.4, -0.2) is 33.4 Å². The van der Waals surface area contributed by atoms with Crippen LogP contribution in [0.4, 0.5) is 0 Å². The lowest BCUT2D eigenvalue weighted by atomic mass is 10.0. The normalized spacial score (nSPS) is 13.2. The van der Waals surface area contributed by atoms with Gasteiger partial charge in [-0.3, -0.25) is 0 Å². The van der Waals surface area contributed by atoms with Gasteiger partial charge in [-0.1, -0.05) is 97.0 Å². The van der Waals surface area contributed by atoms with Crippen LogP contribution in [0, 0.1) is 0 Å². The number of esters is 1. The van der Waals surface area contributed by atoms with Crippen molar-refractivity contribution in [3.63, 3.8) is 0 Å². The molecule has 27 heavy (non-hydrogen) atoms. The van der Waals surface area contributed by atoms with Gasteiger partial charge in [0, 0.05) is 6.08 Å². The van der Waals surface area contributed by atoms with Crippen molar-refractivity contribution in [3.05, 3.63) is 12.2 Å². The van der Waals surface area contributed by atoms with Gasteiger partial charge in [0.25, 0.3) is 0 Å². The van der Waals surface area contributed by atoms with E-state index in [9.17, 15) is 4.79 Å². The highest BCUT2D eigenvalue weighted by Gasteiger charge is 2.33. The summed E-state index contributed by atoms with van der Waals surface area (Å²) >= 11 is 0. The van der Waals surface area contributed by atoms with Crippen molar-refractivity contribution in [2.45, 2.75) is 122 Å². The Morgan fingerprint density at radius 1 is 0.815 bits per heavy atom. The lowest BCUT2D eigenvalue weighted by Gasteiger charge is -2.23. The molecule has 1 atom stereocenters. The van der Waals surface area contributed by atoms with Crippen LogP contribution in [-0.2, 0) is 9.53 Å². The van der Waals surface area contributed by atoms with Crippen molar-refractivity contribution in [2.75, 3.05) is 0 Å². The summed E-state index contributed by atoms with van der Waals surface area (Å²) in [6, 6.07) is 0. The minimum atomic E-state index is -2.99. The zero-order chi connectivity index (χ0) is 20.4. The summed E-state index contributed by atoms with van der Waals surface area (Å²) in [5.41, 5.74) is 0. The third kappa shape index (κ3) is 17.0. The maximum absolute atomic E-state index is 11.6. The van der Waals surface area contributed by atoms with Crippen molar-refractivity contribution in [1.82, 2.24) is 0 Å². The first-order chi connectivity index (χ1) is 12.9. The second-order valence-corrected chi connectivity index (χ2v) is 7.45. The van der Waals surface area contributed by atoms with E-state index in [1.165, 1.54) is 76.7 Å². The number of carbonyl (C=O) groups excluding carboxylic acids is 1. The maximum Gasteiger partial charge on any atom is 0.330 e. The number of aliphatic hydroxyl groups is 3. The van der Waals surface area contributed by atoms with Crippen molar-refractivity contribution in [3.8, 4) is 0 Å². The lowest BCUT2D eigenvalue weighted by molar-refractivity contribution is -0.355. The molecule has 0 bridgehead atoms. The van der Waals surface area contributed by atoms with Gasteiger partial charge in [0.1, 0.15) is 0 Å². The van der Waals surface area contributed by atoms with Crippen molar-refractivity contribution < 1.29 is 24.9 Å². The molecule has 0 saturated carbocycles. The molecule has 0 amide bonds. The Hall–Kier alpha value is -0.910. The molecule has 160 valence electrons. The fourth-order valence-electron chi connectivity index (χ4n) is 3.08. The third-order valence-electron chi connectivity index (χ3n) is 4.79. The molecule has 0 aliphatic heterocycles. The third-order valence-corrected chi connectivity index (χ3v) is 4.79. The molecule has 5 heteroatoms. The molecule has 0 aromatic carbocycles. The van der Waals surface area contributed by atoms with Crippen LogP contribution in [0.15, 0.2) is 12.2 Å². The molecule has 0 fully saturated rings. The standard InChI is InChI=1S/C22H42O5/c1-3-5-6-7-8-9-10-11-12-13-14-15-16-17-18-19-21(23)27-20(4-2)22(24,25)26/h18-20,24-26H,3-17H2,1-2H3. The fourth-order valence-corrected chi connectivity index (χ4v) is 3.08. The summed E-state index contributed by atoms with van der Waals surface area (Å²) in [6.07, 6.45) is 19.6. The summed E-state index contributed by atoms with van der Waals surface area (Å²) in [5.74, 6) is -3.66. The van der Waals surface area contributed by atoms with E-state index < -0.39 is 18.0 Å². The van der Waals surface area contributed by atoms with Gasteiger partial charge in [0.05, 0.1) is 0 Å². The first-order valence-corrected chi connectivity index (χ1v) is 11.0. The van der Waals surface area contributed by atoms with Gasteiger partial charge < -0.3 is 20.1 Å². The van der Waals surface area contributed by atoms with Crippen molar-refractivity contribution >= 4 is 5.97 Å². The van der Waals surface area contributed by atoms with E-state index in [1.807, 2.05) is 0 Å². The minimum absolute atomic E-state index is 0.113. The number of hydrogen-bond donors (Lipinski definition) is 3. The van der Waals surface area contributed by atoms with Gasteiger partial charge >= 0.3 is 11.9 Å². The van der Waals surface area contributed by atoms with E-state index in [2.05, 4.69) is 6.92 Å². The van der Waals surface area contributed by atoms with Gasteiger partial charge in [-0.2, -0.15) is 0 Å². The van der Waals surface area contributed by atoms with Gasteiger partial charge in [-0.05, 0) is 19.3 Å². The zero-order valence-electron chi connectivity index (χ0n) is 17.5. The van der Waals surface area contributed by atoms with E-state index in [1.54, 1.807) is 13.0 Å². The van der Waals surface area contributed by atoms with E-state index in [0.29, 0.717) is 0 Å². The molecule has 1 unspecified atom stereocenters. The molecule has 0 rings (SSSR count). The number of unbranched alkanes of at least 4 members (excludes halogenated alkanes) is 13. The SMILES string of the molecule is CCCCCCCCCCCCCCCC=CC(=O)OC(CC)C(O)(O)O. The van der Waals surface area contributed by atoms with Crippen LogP contribution < -0.4 is 0 Å². The molecular formula is C22H42O5. The van der Waals surface area contributed by atoms with Crippen molar-refractivity contribution in [2.24, 2.45) is 0 Å². The lowest BCUT2D eigenvalue weighted by Crippen LogP contribution is -2.44. The molecular weight excluding hydrogens is 344 g/mol. The zero-order valence-corrected chi connectivity index (χ0v) is 17.5. The highest BCUT2D eigenvalue weighted by atomic mass is 16.7. The summed E-state index contributed by atoms with van der Waals surface area (Å²) in [7, 11) is 0. The Morgan fingerprint density at radius 3 is 1.67 bits per heavy atom. The highest BCUT2D eigenvalue weighted by molar-refractivity contribution is 5.82. The monoisotopic (exact) mass is 386 g/mol. The molecule has 0 spiro atoms. The van der Waals surface area contributed by atoms with Crippen molar-refractivity contribution in [1.29, 1.82) is 0 Å². The van der Waals surface area contributed by atoms with Crippen LogP contribution >= 0.6 is 0 Å². The average Bonchev–Trinajstić information content (AvgIpc) is 2.62. The number of ether oxygens (including phenoxy) is 1. The van der Waals surface area contributed by atoms with Crippen LogP contribution in [0.2, 0.25) is 0 Å². The van der Waals surface area contributed by atoms with E-state index in [-0.39, 0.29) is 6.42 Å². The Labute approximate surface area is 165 Å². The summed E-state index contributed by atoms with van der Waals surface area (Å²) in [5, 5.41) is 27.1. The maximum atomic E-state index is 11.6. The number of carbonyl (C=O) groups is 1. The Balaban J connectivity index is 3.46. The largest absolute Gasteiger partial charge is 0.451 e. The summed E-state index contributed by atoms with van der Waals surface area (Å²) < 4.78 is 4.81. The highest BCUT2D eigenvalue weighted by Crippen LogP contribution is 2.14. The van der Waals surface area contributed by atoms with Gasteiger partial charge in [0.2, 0.25) is 0 Å². The predicted molar refractivity (Wildman–Crippen MR) is 109 cm³/mol. The molecule has 0 radical (unpaired) electrons. The Morgan fingerprint density at radius 2 is 1.26 bits per heavy atom. The molecule has 5 nitrogen and oxygen atoms in total. The van der Waals surface area contributed by atoms with Crippen LogP contribution in [0.3, 0.4) is 0 Å². The second-order valence-electron chi connectivity index (χ2n) is 7.45. The van der Waals surface area contributed by atoms with Gasteiger partial charge in [0.15, 0.2) is 6.10 Å². The molecule has 3 N–H and O–H groups in total. The fraction of sp³-hybridized carbons (Fsp3) is 0.864. The topological polar surface area (TPSA) is 87.0 Å². The molecule has 0 aliphatic carbocycles. The average molecular weight is 387 g/mol. The van der Waals surface area contributed by atoms with Gasteiger partial charge in [-0.25, -0.2) is 4.79 Å². The summed E-state index contributed by atoms with van der Waals surface area (Å²) in [6.45, 7) is 3.84. The van der Waals surface area contributed by atoms with Gasteiger partial charge in [-0.15, -0.1) is 0 Å². The Bertz CT molecular complexity index is 373. The minimum Gasteiger partial charge on any atom is -0.451 e. The number of allylic oxidation sites excluding steroid dienone is 1. The number of rotatable bonds is 18. The quantitative estimate of drug-likeness (QED) is 0.134. The first-order valence-electron chi connectivity index (χ1n) is 11.0. The smallest absolute Gasteiger partial charge is 0.330 e. The molecule has 0 aromatic heterocycles. The molecule has 0 aliphatic rings.